The molecule has 1 unspecified atom stereocenters. The Balaban J connectivity index is 1.70. The van der Waals surface area contributed by atoms with Crippen LogP contribution in [-0.2, 0) is 21.9 Å². The van der Waals surface area contributed by atoms with Crippen LogP contribution < -0.4 is 5.32 Å². The number of rotatable bonds is 9. The Hall–Kier alpha value is -1.69. The van der Waals surface area contributed by atoms with Gasteiger partial charge in [0.25, 0.3) is 0 Å². The smallest absolute Gasteiger partial charge is 0.242 e. The molecule has 1 N–H and O–H groups in total. The van der Waals surface area contributed by atoms with Gasteiger partial charge in [0.1, 0.15) is 6.04 Å². The number of thioether (sulfide) groups is 1. The normalized spacial score (nSPS) is 14.9. The maximum Gasteiger partial charge on any atom is 0.242 e. The zero-order chi connectivity index (χ0) is 23.1. The van der Waals surface area contributed by atoms with E-state index in [-0.39, 0.29) is 30.2 Å². The standard InChI is InChI=1S/C25H30Cl2N2O2S/c1-17-10-12-19(13-11-17)15-32-16-24(30)29(14-21-22(26)8-5-9-23(21)27)18(2)25(31)28-20-6-3-4-7-20/h5,8-13,18,20H,3-4,6-7,14-16H2,1-2H3,(H,28,31). The van der Waals surface area contributed by atoms with E-state index in [9.17, 15) is 9.59 Å². The Morgan fingerprint density at radius 1 is 1.09 bits per heavy atom. The number of carbonyl (C=O) groups is 2. The average Bonchev–Trinajstić information content (AvgIpc) is 3.27. The third kappa shape index (κ3) is 6.90. The van der Waals surface area contributed by atoms with Gasteiger partial charge >= 0.3 is 0 Å². The van der Waals surface area contributed by atoms with Crippen LogP contribution in [0.25, 0.3) is 0 Å². The molecule has 172 valence electrons. The molecule has 2 aromatic rings. The van der Waals surface area contributed by atoms with Crippen LogP contribution in [0.3, 0.4) is 0 Å². The van der Waals surface area contributed by atoms with Crippen molar-refractivity contribution in [2.24, 2.45) is 0 Å². The van der Waals surface area contributed by atoms with E-state index in [2.05, 4.69) is 36.5 Å². The van der Waals surface area contributed by atoms with Gasteiger partial charge in [0.15, 0.2) is 0 Å². The second-order valence-corrected chi connectivity index (χ2v) is 10.2. The Morgan fingerprint density at radius 3 is 2.34 bits per heavy atom. The molecule has 1 aliphatic rings. The summed E-state index contributed by atoms with van der Waals surface area (Å²) in [6.45, 7) is 4.02. The minimum absolute atomic E-state index is 0.104. The molecule has 0 spiro atoms. The minimum Gasteiger partial charge on any atom is -0.352 e. The molecular weight excluding hydrogens is 463 g/mol. The molecule has 7 heteroatoms. The van der Waals surface area contributed by atoms with Gasteiger partial charge in [-0.15, -0.1) is 11.8 Å². The van der Waals surface area contributed by atoms with E-state index in [1.54, 1.807) is 41.8 Å². The summed E-state index contributed by atoms with van der Waals surface area (Å²) in [7, 11) is 0. The summed E-state index contributed by atoms with van der Waals surface area (Å²) < 4.78 is 0. The zero-order valence-corrected chi connectivity index (χ0v) is 20.9. The lowest BCUT2D eigenvalue weighted by atomic mass is 10.1. The Labute approximate surface area is 205 Å². The molecule has 1 atom stereocenters. The summed E-state index contributed by atoms with van der Waals surface area (Å²) in [5.74, 6) is 0.774. The van der Waals surface area contributed by atoms with Crippen molar-refractivity contribution >= 4 is 46.8 Å². The first-order chi connectivity index (χ1) is 15.3. The van der Waals surface area contributed by atoms with E-state index >= 15 is 0 Å². The highest BCUT2D eigenvalue weighted by Crippen LogP contribution is 2.27. The van der Waals surface area contributed by atoms with Crippen molar-refractivity contribution in [2.75, 3.05) is 5.75 Å². The number of halogens is 2. The van der Waals surface area contributed by atoms with Gasteiger partial charge in [0.05, 0.1) is 5.75 Å². The molecule has 2 amide bonds. The summed E-state index contributed by atoms with van der Waals surface area (Å²) >= 11 is 14.3. The van der Waals surface area contributed by atoms with E-state index in [0.29, 0.717) is 15.6 Å². The summed E-state index contributed by atoms with van der Waals surface area (Å²) in [6.07, 6.45) is 4.25. The molecule has 0 aromatic heterocycles. The van der Waals surface area contributed by atoms with Crippen LogP contribution in [0.2, 0.25) is 10.0 Å². The van der Waals surface area contributed by atoms with Crippen LogP contribution in [-0.4, -0.2) is 34.6 Å². The lowest BCUT2D eigenvalue weighted by Crippen LogP contribution is -2.50. The Bertz CT molecular complexity index is 910. The van der Waals surface area contributed by atoms with Crippen molar-refractivity contribution in [2.45, 2.75) is 63.9 Å². The molecular formula is C25H30Cl2N2O2S. The molecule has 0 bridgehead atoms. The first-order valence-electron chi connectivity index (χ1n) is 11.0. The fourth-order valence-corrected chi connectivity index (χ4v) is 5.24. The second-order valence-electron chi connectivity index (χ2n) is 8.37. The molecule has 0 aliphatic heterocycles. The molecule has 32 heavy (non-hydrogen) atoms. The van der Waals surface area contributed by atoms with E-state index < -0.39 is 6.04 Å². The molecule has 1 aliphatic carbocycles. The third-order valence-electron chi connectivity index (χ3n) is 5.87. The largest absolute Gasteiger partial charge is 0.352 e. The van der Waals surface area contributed by atoms with Gasteiger partial charge in [-0.1, -0.05) is 71.9 Å². The molecule has 4 nitrogen and oxygen atoms in total. The first-order valence-corrected chi connectivity index (χ1v) is 12.9. The number of nitrogens with one attached hydrogen (secondary N) is 1. The van der Waals surface area contributed by atoms with Crippen molar-refractivity contribution in [1.82, 2.24) is 10.2 Å². The molecule has 0 radical (unpaired) electrons. The Morgan fingerprint density at radius 2 is 1.72 bits per heavy atom. The first kappa shape index (κ1) is 24.9. The maximum absolute atomic E-state index is 13.2. The van der Waals surface area contributed by atoms with E-state index in [4.69, 9.17) is 23.2 Å². The highest BCUT2D eigenvalue weighted by atomic mass is 35.5. The van der Waals surface area contributed by atoms with E-state index in [1.807, 2.05) is 0 Å². The molecule has 0 saturated heterocycles. The number of amides is 2. The second kappa shape index (κ2) is 12.0. The number of nitrogens with zero attached hydrogens (tertiary/aromatic N) is 1. The lowest BCUT2D eigenvalue weighted by Gasteiger charge is -2.30. The summed E-state index contributed by atoms with van der Waals surface area (Å²) in [6, 6.07) is 13.1. The van der Waals surface area contributed by atoms with Crippen LogP contribution in [0.4, 0.5) is 0 Å². The SMILES string of the molecule is Cc1ccc(CSCC(=O)N(Cc2c(Cl)cccc2Cl)C(C)C(=O)NC2CCCC2)cc1. The number of benzene rings is 2. The quantitative estimate of drug-likeness (QED) is 0.466. The van der Waals surface area contributed by atoms with Crippen molar-refractivity contribution in [1.29, 1.82) is 0 Å². The number of hydrogen-bond donors (Lipinski definition) is 1. The lowest BCUT2D eigenvalue weighted by molar-refractivity contribution is -0.138. The van der Waals surface area contributed by atoms with Gasteiger partial charge in [-0.05, 0) is 44.4 Å². The van der Waals surface area contributed by atoms with Crippen LogP contribution in [0, 0.1) is 6.92 Å². The zero-order valence-electron chi connectivity index (χ0n) is 18.6. The predicted octanol–water partition coefficient (Wildman–Crippen LogP) is 6.01. The molecule has 3 rings (SSSR count). The van der Waals surface area contributed by atoms with E-state index in [0.717, 1.165) is 31.4 Å². The summed E-state index contributed by atoms with van der Waals surface area (Å²) in [5, 5.41) is 4.09. The van der Waals surface area contributed by atoms with Crippen LogP contribution in [0.5, 0.6) is 0 Å². The maximum atomic E-state index is 13.2. The molecule has 0 heterocycles. The number of hydrogen-bond acceptors (Lipinski definition) is 3. The van der Waals surface area contributed by atoms with Gasteiger partial charge in [0.2, 0.25) is 11.8 Å². The third-order valence-corrected chi connectivity index (χ3v) is 7.57. The van der Waals surface area contributed by atoms with E-state index in [1.165, 1.54) is 11.1 Å². The predicted molar refractivity (Wildman–Crippen MR) is 134 cm³/mol. The molecule has 1 fully saturated rings. The fourth-order valence-electron chi connectivity index (χ4n) is 3.85. The van der Waals surface area contributed by atoms with Crippen LogP contribution in [0.1, 0.15) is 49.3 Å². The van der Waals surface area contributed by atoms with Crippen molar-refractivity contribution < 1.29 is 9.59 Å². The van der Waals surface area contributed by atoms with Crippen LogP contribution in [0.15, 0.2) is 42.5 Å². The van der Waals surface area contributed by atoms with Gasteiger partial charge in [-0.2, -0.15) is 0 Å². The van der Waals surface area contributed by atoms with Crippen LogP contribution >= 0.6 is 35.0 Å². The highest BCUT2D eigenvalue weighted by Gasteiger charge is 2.29. The van der Waals surface area contributed by atoms with Gasteiger partial charge in [0, 0.05) is 33.9 Å². The Kier molecular flexibility index (Phi) is 9.33. The summed E-state index contributed by atoms with van der Waals surface area (Å²) in [4.78, 5) is 27.8. The highest BCUT2D eigenvalue weighted by molar-refractivity contribution is 7.99. The topological polar surface area (TPSA) is 49.4 Å². The van der Waals surface area contributed by atoms with Crippen molar-refractivity contribution in [3.05, 3.63) is 69.2 Å². The fraction of sp³-hybridized carbons (Fsp3) is 0.440. The van der Waals surface area contributed by atoms with Crippen molar-refractivity contribution in [3.8, 4) is 0 Å². The number of aryl methyl sites for hydroxylation is 1. The summed E-state index contributed by atoms with van der Waals surface area (Å²) in [5.41, 5.74) is 3.04. The van der Waals surface area contributed by atoms with Crippen molar-refractivity contribution in [3.63, 3.8) is 0 Å². The molecule has 1 saturated carbocycles. The molecule has 2 aromatic carbocycles. The number of carbonyl (C=O) groups excluding carboxylic acids is 2. The van der Waals surface area contributed by atoms with Gasteiger partial charge in [-0.3, -0.25) is 9.59 Å². The average molecular weight is 494 g/mol. The van der Waals surface area contributed by atoms with Gasteiger partial charge in [-0.25, -0.2) is 0 Å². The minimum atomic E-state index is -0.615. The monoisotopic (exact) mass is 492 g/mol. The van der Waals surface area contributed by atoms with Gasteiger partial charge < -0.3 is 10.2 Å².